The predicted octanol–water partition coefficient (Wildman–Crippen LogP) is 4.92. The molecule has 2 aromatic carbocycles. The number of hydrogen-bond donors (Lipinski definition) is 0. The molecule has 0 fully saturated rings. The maximum atomic E-state index is 9.00. The van der Waals surface area contributed by atoms with Gasteiger partial charge in [0.2, 0.25) is 0 Å². The number of rotatable bonds is 2. The van der Waals surface area contributed by atoms with Gasteiger partial charge in [-0.15, -0.1) is 0 Å². The SMILES string of the molecule is Cc1cc(C)cc(-c2ncc(-c3ccc(C#N)cc3C)nc2C)c1. The maximum Gasteiger partial charge on any atom is 0.0991 e. The number of nitrogens with zero attached hydrogens (tertiary/aromatic N) is 3. The van der Waals surface area contributed by atoms with E-state index in [0.717, 1.165) is 33.8 Å². The van der Waals surface area contributed by atoms with Gasteiger partial charge in [-0.1, -0.05) is 23.3 Å². The summed E-state index contributed by atoms with van der Waals surface area (Å²) in [5, 5.41) is 9.00. The third-order valence-electron chi connectivity index (χ3n) is 4.07. The van der Waals surface area contributed by atoms with Gasteiger partial charge < -0.3 is 0 Å². The molecule has 24 heavy (non-hydrogen) atoms. The van der Waals surface area contributed by atoms with Crippen LogP contribution >= 0.6 is 0 Å². The minimum atomic E-state index is 0.660. The van der Waals surface area contributed by atoms with Crippen LogP contribution in [0.25, 0.3) is 22.5 Å². The molecule has 0 radical (unpaired) electrons. The van der Waals surface area contributed by atoms with Crippen molar-refractivity contribution in [3.63, 3.8) is 0 Å². The summed E-state index contributed by atoms with van der Waals surface area (Å²) in [5.74, 6) is 0. The van der Waals surface area contributed by atoms with E-state index in [-0.39, 0.29) is 0 Å². The number of benzene rings is 2. The van der Waals surface area contributed by atoms with E-state index in [2.05, 4.69) is 43.1 Å². The van der Waals surface area contributed by atoms with E-state index < -0.39 is 0 Å². The van der Waals surface area contributed by atoms with Gasteiger partial charge >= 0.3 is 0 Å². The first-order valence-corrected chi connectivity index (χ1v) is 7.91. The van der Waals surface area contributed by atoms with Crippen molar-refractivity contribution in [3.8, 4) is 28.6 Å². The number of aromatic nitrogens is 2. The van der Waals surface area contributed by atoms with Crippen LogP contribution in [-0.4, -0.2) is 9.97 Å². The van der Waals surface area contributed by atoms with Crippen LogP contribution in [0.4, 0.5) is 0 Å². The van der Waals surface area contributed by atoms with Crippen LogP contribution in [0.5, 0.6) is 0 Å². The zero-order chi connectivity index (χ0) is 17.3. The van der Waals surface area contributed by atoms with E-state index in [1.54, 1.807) is 0 Å². The lowest BCUT2D eigenvalue weighted by atomic mass is 10.0. The minimum Gasteiger partial charge on any atom is -0.252 e. The molecule has 1 aromatic heterocycles. The average Bonchev–Trinajstić information content (AvgIpc) is 2.53. The van der Waals surface area contributed by atoms with Crippen molar-refractivity contribution in [3.05, 3.63) is 70.5 Å². The van der Waals surface area contributed by atoms with Crippen LogP contribution in [0.15, 0.2) is 42.6 Å². The van der Waals surface area contributed by atoms with Crippen molar-refractivity contribution in [2.75, 3.05) is 0 Å². The summed E-state index contributed by atoms with van der Waals surface area (Å²) in [6, 6.07) is 14.2. The topological polar surface area (TPSA) is 49.6 Å². The third-order valence-corrected chi connectivity index (χ3v) is 4.07. The lowest BCUT2D eigenvalue weighted by Crippen LogP contribution is -1.97. The molecule has 0 saturated heterocycles. The number of hydrogen-bond acceptors (Lipinski definition) is 3. The van der Waals surface area contributed by atoms with Crippen LogP contribution in [0.1, 0.15) is 27.9 Å². The molecule has 0 aliphatic rings. The molecule has 1 heterocycles. The van der Waals surface area contributed by atoms with Crippen molar-refractivity contribution in [1.29, 1.82) is 5.26 Å². The van der Waals surface area contributed by atoms with Gasteiger partial charge in [0.15, 0.2) is 0 Å². The predicted molar refractivity (Wildman–Crippen MR) is 96.6 cm³/mol. The molecule has 0 aliphatic heterocycles. The molecule has 0 aliphatic carbocycles. The van der Waals surface area contributed by atoms with Crippen molar-refractivity contribution < 1.29 is 0 Å². The molecule has 0 atom stereocenters. The summed E-state index contributed by atoms with van der Waals surface area (Å²) >= 11 is 0. The quantitative estimate of drug-likeness (QED) is 0.675. The Labute approximate surface area is 142 Å². The molecule has 0 bridgehead atoms. The Morgan fingerprint density at radius 2 is 1.62 bits per heavy atom. The molecule has 3 nitrogen and oxygen atoms in total. The first-order chi connectivity index (χ1) is 11.5. The molecule has 0 amide bonds. The van der Waals surface area contributed by atoms with Crippen LogP contribution in [0.3, 0.4) is 0 Å². The Balaban J connectivity index is 2.06. The van der Waals surface area contributed by atoms with Crippen molar-refractivity contribution in [2.45, 2.75) is 27.7 Å². The zero-order valence-corrected chi connectivity index (χ0v) is 14.4. The first kappa shape index (κ1) is 15.9. The second-order valence-corrected chi connectivity index (χ2v) is 6.21. The Bertz CT molecular complexity index is 945. The second-order valence-electron chi connectivity index (χ2n) is 6.21. The molecule has 3 aromatic rings. The van der Waals surface area contributed by atoms with Crippen molar-refractivity contribution >= 4 is 0 Å². The van der Waals surface area contributed by atoms with E-state index in [1.807, 2.05) is 38.2 Å². The smallest absolute Gasteiger partial charge is 0.0991 e. The van der Waals surface area contributed by atoms with Crippen LogP contribution < -0.4 is 0 Å². The Morgan fingerprint density at radius 3 is 2.21 bits per heavy atom. The summed E-state index contributed by atoms with van der Waals surface area (Å²) in [6.45, 7) is 8.16. The lowest BCUT2D eigenvalue weighted by Gasteiger charge is -2.10. The molecule has 0 spiro atoms. The van der Waals surface area contributed by atoms with E-state index in [0.29, 0.717) is 5.56 Å². The highest BCUT2D eigenvalue weighted by Gasteiger charge is 2.10. The molecule has 3 heteroatoms. The van der Waals surface area contributed by atoms with E-state index in [9.17, 15) is 0 Å². The fourth-order valence-corrected chi connectivity index (χ4v) is 3.03. The molecule has 0 unspecified atom stereocenters. The fourth-order valence-electron chi connectivity index (χ4n) is 3.03. The van der Waals surface area contributed by atoms with Gasteiger partial charge in [-0.2, -0.15) is 5.26 Å². The largest absolute Gasteiger partial charge is 0.252 e. The van der Waals surface area contributed by atoms with Gasteiger partial charge in [-0.25, -0.2) is 4.98 Å². The van der Waals surface area contributed by atoms with Gasteiger partial charge in [0.25, 0.3) is 0 Å². The molecular formula is C21H19N3. The monoisotopic (exact) mass is 313 g/mol. The summed E-state index contributed by atoms with van der Waals surface area (Å²) in [6.07, 6.45) is 1.81. The van der Waals surface area contributed by atoms with Crippen LogP contribution in [0.2, 0.25) is 0 Å². The van der Waals surface area contributed by atoms with Crippen LogP contribution in [-0.2, 0) is 0 Å². The normalized spacial score (nSPS) is 10.5. The summed E-state index contributed by atoms with van der Waals surface area (Å²) < 4.78 is 0. The highest BCUT2D eigenvalue weighted by atomic mass is 14.8. The van der Waals surface area contributed by atoms with E-state index in [4.69, 9.17) is 10.2 Å². The summed E-state index contributed by atoms with van der Waals surface area (Å²) in [7, 11) is 0. The molecule has 3 rings (SSSR count). The van der Waals surface area contributed by atoms with Gasteiger partial charge in [0.05, 0.1) is 34.9 Å². The summed E-state index contributed by atoms with van der Waals surface area (Å²) in [4.78, 5) is 9.41. The Morgan fingerprint density at radius 1 is 0.917 bits per heavy atom. The highest BCUT2D eigenvalue weighted by molar-refractivity contribution is 5.68. The van der Waals surface area contributed by atoms with E-state index in [1.165, 1.54) is 11.1 Å². The number of nitriles is 1. The molecular weight excluding hydrogens is 294 g/mol. The second kappa shape index (κ2) is 6.25. The molecule has 0 saturated carbocycles. The minimum absolute atomic E-state index is 0.660. The lowest BCUT2D eigenvalue weighted by molar-refractivity contribution is 1.12. The maximum absolute atomic E-state index is 9.00. The average molecular weight is 313 g/mol. The molecule has 118 valence electrons. The van der Waals surface area contributed by atoms with E-state index >= 15 is 0 Å². The van der Waals surface area contributed by atoms with Gasteiger partial charge in [0.1, 0.15) is 0 Å². The van der Waals surface area contributed by atoms with Crippen molar-refractivity contribution in [2.24, 2.45) is 0 Å². The van der Waals surface area contributed by atoms with Crippen LogP contribution in [0, 0.1) is 39.0 Å². The number of aryl methyl sites for hydroxylation is 4. The van der Waals surface area contributed by atoms with Gasteiger partial charge in [0, 0.05) is 11.1 Å². The highest BCUT2D eigenvalue weighted by Crippen LogP contribution is 2.27. The van der Waals surface area contributed by atoms with Gasteiger partial charge in [-0.05, 0) is 57.5 Å². The fraction of sp³-hybridized carbons (Fsp3) is 0.190. The van der Waals surface area contributed by atoms with Crippen molar-refractivity contribution in [1.82, 2.24) is 9.97 Å². The zero-order valence-electron chi connectivity index (χ0n) is 14.4. The van der Waals surface area contributed by atoms with Gasteiger partial charge in [-0.3, -0.25) is 4.98 Å². The third kappa shape index (κ3) is 3.04. The molecule has 0 N–H and O–H groups in total. The standard InChI is InChI=1S/C21H19N3/c1-13-7-14(2)9-18(8-13)21-16(4)24-20(12-23-21)19-6-5-17(11-22)10-15(19)3/h5-10,12H,1-4H3. The summed E-state index contributed by atoms with van der Waals surface area (Å²) in [5.41, 5.74) is 8.89. The Kier molecular flexibility index (Phi) is 4.14. The Hall–Kier alpha value is -2.99. The first-order valence-electron chi connectivity index (χ1n) is 7.91.